The third kappa shape index (κ3) is 4.96. The molecule has 0 fully saturated rings. The molecule has 0 aliphatic heterocycles. The van der Waals surface area contributed by atoms with Gasteiger partial charge in [0.2, 0.25) is 0 Å². The number of nitro groups is 4. The lowest BCUT2D eigenvalue weighted by Gasteiger charge is -2.30. The monoisotopic (exact) mass is 590 g/mol. The smallest absolute Gasteiger partial charge is 0.342 e. The summed E-state index contributed by atoms with van der Waals surface area (Å²) < 4.78 is 5.85. The molecule has 0 amide bonds. The number of hydrogen-bond donors (Lipinski definition) is 0. The molecule has 2 aromatic carbocycles. The standard InChI is InChI=1S/C28H22N4O11/c1-17(33)21-7-3-5-9-23(21)27(31(39)40)15-19(11-13-25(27)29(35)36)43-20-12-14-26(30(37)38)28(16-20,32(41)42)24-10-6-4-8-22(24)18(2)34/h3-14H,15-16H2,1-2H3. The van der Waals surface area contributed by atoms with Crippen LogP contribution in [-0.2, 0) is 15.8 Å². The van der Waals surface area contributed by atoms with Gasteiger partial charge in [0, 0.05) is 33.1 Å². The maximum atomic E-state index is 12.6. The van der Waals surface area contributed by atoms with Crippen molar-refractivity contribution in [3.8, 4) is 0 Å². The summed E-state index contributed by atoms with van der Waals surface area (Å²) in [6, 6.07) is 10.7. The number of carbonyl (C=O) groups is 2. The first-order valence-electron chi connectivity index (χ1n) is 12.6. The summed E-state index contributed by atoms with van der Waals surface area (Å²) in [5.41, 5.74) is -7.64. The van der Waals surface area contributed by atoms with Crippen LogP contribution in [0.15, 0.2) is 95.7 Å². The molecule has 2 aliphatic rings. The SMILES string of the molecule is CC(=O)c1ccccc1C1([N+](=O)[O-])CC(OC2=CC=C([N+](=O)[O-])C(c3ccccc3C(C)=O)([N+](=O)[O-])C2)=CC=C1[N+](=O)[O-]. The van der Waals surface area contributed by atoms with Gasteiger partial charge in [-0.1, -0.05) is 48.5 Å². The lowest BCUT2D eigenvalue weighted by atomic mass is 9.77. The minimum absolute atomic E-state index is 0.128. The molecule has 0 bridgehead atoms. The van der Waals surface area contributed by atoms with Gasteiger partial charge in [-0.2, -0.15) is 0 Å². The predicted molar refractivity (Wildman–Crippen MR) is 147 cm³/mol. The largest absolute Gasteiger partial charge is 0.465 e. The Morgan fingerprint density at radius 3 is 1.28 bits per heavy atom. The van der Waals surface area contributed by atoms with E-state index in [1.807, 2.05) is 0 Å². The minimum atomic E-state index is -2.59. The normalized spacial score (nSPS) is 21.3. The summed E-state index contributed by atoms with van der Waals surface area (Å²) in [6.45, 7) is 2.31. The quantitative estimate of drug-likeness (QED) is 0.211. The molecule has 0 saturated heterocycles. The van der Waals surface area contributed by atoms with E-state index in [2.05, 4.69) is 0 Å². The highest BCUT2D eigenvalue weighted by molar-refractivity contribution is 5.96. The first-order chi connectivity index (χ1) is 20.3. The zero-order valence-electron chi connectivity index (χ0n) is 22.6. The Bertz CT molecular complexity index is 1610. The van der Waals surface area contributed by atoms with Gasteiger partial charge in [0.25, 0.3) is 0 Å². The second kappa shape index (κ2) is 11.2. The van der Waals surface area contributed by atoms with Crippen molar-refractivity contribution in [2.24, 2.45) is 0 Å². The predicted octanol–water partition coefficient (Wildman–Crippen LogP) is 4.65. The Kier molecular flexibility index (Phi) is 7.84. The average molecular weight is 591 g/mol. The van der Waals surface area contributed by atoms with Crippen molar-refractivity contribution < 1.29 is 34.0 Å². The summed E-state index contributed by atoms with van der Waals surface area (Å²) in [5.74, 6) is -1.63. The minimum Gasteiger partial charge on any atom is -0.465 e. The summed E-state index contributed by atoms with van der Waals surface area (Å²) in [6.07, 6.45) is 2.34. The van der Waals surface area contributed by atoms with Gasteiger partial charge in [-0.05, 0) is 26.0 Å². The van der Waals surface area contributed by atoms with Crippen molar-refractivity contribution in [3.63, 3.8) is 0 Å². The Morgan fingerprint density at radius 1 is 0.628 bits per heavy atom. The molecule has 220 valence electrons. The highest BCUT2D eigenvalue weighted by atomic mass is 16.7. The maximum absolute atomic E-state index is 12.6. The third-order valence-corrected chi connectivity index (χ3v) is 7.34. The van der Waals surface area contributed by atoms with Gasteiger partial charge in [0.1, 0.15) is 11.5 Å². The second-order valence-electron chi connectivity index (χ2n) is 9.78. The highest BCUT2D eigenvalue weighted by Gasteiger charge is 2.62. The van der Waals surface area contributed by atoms with Crippen LogP contribution in [0.5, 0.6) is 0 Å². The lowest BCUT2D eigenvalue weighted by Crippen LogP contribution is -2.44. The summed E-state index contributed by atoms with van der Waals surface area (Å²) >= 11 is 0. The Labute approximate surface area is 242 Å². The topological polar surface area (TPSA) is 216 Å². The molecule has 0 saturated carbocycles. The Morgan fingerprint density at radius 2 is 0.977 bits per heavy atom. The van der Waals surface area contributed by atoms with Crippen LogP contribution in [0.2, 0.25) is 0 Å². The van der Waals surface area contributed by atoms with Crippen molar-refractivity contribution in [1.82, 2.24) is 0 Å². The van der Waals surface area contributed by atoms with E-state index in [1.54, 1.807) is 0 Å². The van der Waals surface area contributed by atoms with Crippen molar-refractivity contribution in [3.05, 3.63) is 158 Å². The molecule has 2 unspecified atom stereocenters. The zero-order valence-corrected chi connectivity index (χ0v) is 22.6. The number of ether oxygens (including phenoxy) is 1. The summed E-state index contributed by atoms with van der Waals surface area (Å²) in [4.78, 5) is 70.4. The van der Waals surface area contributed by atoms with Gasteiger partial charge in [0.15, 0.2) is 11.6 Å². The van der Waals surface area contributed by atoms with Crippen molar-refractivity contribution in [1.29, 1.82) is 0 Å². The van der Waals surface area contributed by atoms with Gasteiger partial charge in [-0.15, -0.1) is 0 Å². The van der Waals surface area contributed by atoms with Crippen molar-refractivity contribution in [2.75, 3.05) is 0 Å². The maximum Gasteiger partial charge on any atom is 0.342 e. The van der Waals surface area contributed by atoms with Crippen LogP contribution in [0.4, 0.5) is 0 Å². The van der Waals surface area contributed by atoms with Crippen LogP contribution in [0.25, 0.3) is 0 Å². The van der Waals surface area contributed by atoms with Crippen molar-refractivity contribution >= 4 is 11.6 Å². The lowest BCUT2D eigenvalue weighted by molar-refractivity contribution is -0.607. The molecule has 2 aromatic rings. The van der Waals surface area contributed by atoms with Crippen LogP contribution < -0.4 is 0 Å². The molecule has 15 nitrogen and oxygen atoms in total. The summed E-state index contributed by atoms with van der Waals surface area (Å²) in [5, 5.41) is 49.3. The molecule has 2 atom stereocenters. The molecule has 43 heavy (non-hydrogen) atoms. The molecule has 15 heteroatoms. The molecule has 4 rings (SSSR count). The third-order valence-electron chi connectivity index (χ3n) is 7.34. The van der Waals surface area contributed by atoms with Crippen molar-refractivity contribution in [2.45, 2.75) is 37.8 Å². The molecule has 0 heterocycles. The number of ketones is 2. The molecule has 0 aromatic heterocycles. The van der Waals surface area contributed by atoms with Crippen LogP contribution >= 0.6 is 0 Å². The molecular formula is C28H22N4O11. The van der Waals surface area contributed by atoms with E-state index in [9.17, 15) is 50.0 Å². The van der Waals surface area contributed by atoms with Gasteiger partial charge in [-0.25, -0.2) is 0 Å². The number of carbonyl (C=O) groups excluding carboxylic acids is 2. The van der Waals surface area contributed by atoms with Crippen LogP contribution in [0.3, 0.4) is 0 Å². The molecular weight excluding hydrogens is 568 g/mol. The second-order valence-corrected chi connectivity index (χ2v) is 9.78. The van der Waals surface area contributed by atoms with Gasteiger partial charge >= 0.3 is 22.5 Å². The zero-order chi connectivity index (χ0) is 31.7. The molecule has 2 aliphatic carbocycles. The fraction of sp³-hybridized carbons (Fsp3) is 0.214. The number of hydrogen-bond acceptors (Lipinski definition) is 11. The fourth-order valence-electron chi connectivity index (χ4n) is 5.44. The van der Waals surface area contributed by atoms with Crippen LogP contribution in [0.1, 0.15) is 58.5 Å². The first kappa shape index (κ1) is 30.1. The highest BCUT2D eigenvalue weighted by Crippen LogP contribution is 2.47. The van der Waals surface area contributed by atoms with Gasteiger partial charge < -0.3 is 4.74 Å². The number of Topliss-reactive ketones (excluding diaryl/α,β-unsaturated/α-hetero) is 2. The van der Waals surface area contributed by atoms with E-state index >= 15 is 0 Å². The first-order valence-corrected chi connectivity index (χ1v) is 12.6. The molecule has 0 radical (unpaired) electrons. The van der Waals surface area contributed by atoms with E-state index in [0.29, 0.717) is 0 Å². The summed E-state index contributed by atoms with van der Waals surface area (Å²) in [7, 11) is 0. The molecule has 0 N–H and O–H groups in total. The Balaban J connectivity index is 1.86. The fourth-order valence-corrected chi connectivity index (χ4v) is 5.44. The number of benzene rings is 2. The van der Waals surface area contributed by atoms with Gasteiger partial charge in [0.05, 0.1) is 33.8 Å². The number of nitrogens with zero attached hydrogens (tertiary/aromatic N) is 4. The average Bonchev–Trinajstić information content (AvgIpc) is 2.96. The van der Waals surface area contributed by atoms with E-state index in [-0.39, 0.29) is 33.8 Å². The van der Waals surface area contributed by atoms with E-state index in [4.69, 9.17) is 4.74 Å². The molecule has 0 spiro atoms. The van der Waals surface area contributed by atoms with Crippen LogP contribution in [-0.4, -0.2) is 31.3 Å². The van der Waals surface area contributed by atoms with Gasteiger partial charge in [-0.3, -0.25) is 50.0 Å². The van der Waals surface area contributed by atoms with E-state index in [1.165, 1.54) is 48.5 Å². The van der Waals surface area contributed by atoms with E-state index < -0.39 is 66.6 Å². The number of rotatable bonds is 10. The van der Waals surface area contributed by atoms with E-state index in [0.717, 1.165) is 38.2 Å². The Hall–Kier alpha value is -5.86. The number of allylic oxidation sites excluding steroid dienone is 4. The van der Waals surface area contributed by atoms with Crippen LogP contribution in [0, 0.1) is 40.5 Å².